The number of carbonyl (C=O) groups is 2. The molecule has 0 radical (unpaired) electrons. The van der Waals surface area contributed by atoms with Gasteiger partial charge in [0.25, 0.3) is 0 Å². The second-order valence-corrected chi connectivity index (χ2v) is 4.08. The van der Waals surface area contributed by atoms with E-state index in [2.05, 4.69) is 5.32 Å². The highest BCUT2D eigenvalue weighted by Crippen LogP contribution is 1.97. The fourth-order valence-corrected chi connectivity index (χ4v) is 1.71. The molecule has 1 rings (SSSR count). The molecule has 0 aromatic rings. The number of rotatable bonds is 7. The average Bonchev–Trinajstić information content (AvgIpc) is 2.39. The van der Waals surface area contributed by atoms with E-state index in [9.17, 15) is 9.59 Å². The van der Waals surface area contributed by atoms with E-state index in [1.54, 1.807) is 11.8 Å². The molecule has 6 nitrogen and oxygen atoms in total. The molecular formula is C12H22N2O4. The zero-order valence-corrected chi connectivity index (χ0v) is 10.9. The number of hydrogen-bond donors (Lipinski definition) is 1. The van der Waals surface area contributed by atoms with Crippen molar-refractivity contribution in [2.45, 2.75) is 19.8 Å². The second kappa shape index (κ2) is 8.88. The Morgan fingerprint density at radius 2 is 2.06 bits per heavy atom. The lowest BCUT2D eigenvalue weighted by molar-refractivity contribution is -0.143. The van der Waals surface area contributed by atoms with Crippen LogP contribution in [0.25, 0.3) is 0 Å². The maximum Gasteiger partial charge on any atom is 0.305 e. The predicted octanol–water partition coefficient (Wildman–Crippen LogP) is -0.222. The minimum absolute atomic E-state index is 0.0921. The summed E-state index contributed by atoms with van der Waals surface area (Å²) in [4.78, 5) is 24.6. The number of carbonyl (C=O) groups excluding carboxylic acids is 2. The number of nitrogens with one attached hydrogen (secondary N) is 1. The minimum Gasteiger partial charge on any atom is -0.466 e. The quantitative estimate of drug-likeness (QED) is 0.505. The molecule has 0 aromatic carbocycles. The Labute approximate surface area is 108 Å². The topological polar surface area (TPSA) is 67.9 Å². The van der Waals surface area contributed by atoms with Crippen molar-refractivity contribution in [1.29, 1.82) is 0 Å². The molecule has 104 valence electrons. The SMILES string of the molecule is CCOC(=O)CCCNCC(=O)N1CCOCC1. The van der Waals surface area contributed by atoms with Crippen LogP contribution in [-0.2, 0) is 19.1 Å². The standard InChI is InChI=1S/C12H22N2O4/c1-2-18-12(16)4-3-5-13-10-11(15)14-6-8-17-9-7-14/h13H,2-10H2,1H3. The summed E-state index contributed by atoms with van der Waals surface area (Å²) in [6, 6.07) is 0. The normalized spacial score (nSPS) is 15.5. The smallest absolute Gasteiger partial charge is 0.305 e. The molecule has 1 aliphatic rings. The van der Waals surface area contributed by atoms with Crippen molar-refractivity contribution in [3.05, 3.63) is 0 Å². The third-order valence-corrected chi connectivity index (χ3v) is 2.68. The van der Waals surface area contributed by atoms with Gasteiger partial charge in [0.1, 0.15) is 0 Å². The molecule has 0 saturated carbocycles. The van der Waals surface area contributed by atoms with Crippen LogP contribution in [0.1, 0.15) is 19.8 Å². The first-order chi connectivity index (χ1) is 8.74. The molecule has 1 amide bonds. The third-order valence-electron chi connectivity index (χ3n) is 2.68. The van der Waals surface area contributed by atoms with E-state index in [4.69, 9.17) is 9.47 Å². The Balaban J connectivity index is 2.00. The summed E-state index contributed by atoms with van der Waals surface area (Å²) in [7, 11) is 0. The molecule has 1 saturated heterocycles. The van der Waals surface area contributed by atoms with E-state index >= 15 is 0 Å². The van der Waals surface area contributed by atoms with Crippen LogP contribution >= 0.6 is 0 Å². The van der Waals surface area contributed by atoms with Gasteiger partial charge in [-0.3, -0.25) is 9.59 Å². The summed E-state index contributed by atoms with van der Waals surface area (Å²) in [5, 5.41) is 3.04. The highest BCUT2D eigenvalue weighted by molar-refractivity contribution is 5.78. The van der Waals surface area contributed by atoms with Crippen molar-refractivity contribution >= 4 is 11.9 Å². The van der Waals surface area contributed by atoms with Crippen molar-refractivity contribution in [1.82, 2.24) is 10.2 Å². The van der Waals surface area contributed by atoms with Crippen LogP contribution in [0, 0.1) is 0 Å². The van der Waals surface area contributed by atoms with E-state index in [0.717, 1.165) is 0 Å². The lowest BCUT2D eigenvalue weighted by atomic mass is 10.3. The molecule has 1 aliphatic heterocycles. The van der Waals surface area contributed by atoms with Gasteiger partial charge in [0, 0.05) is 19.5 Å². The van der Waals surface area contributed by atoms with Crippen LogP contribution < -0.4 is 5.32 Å². The Morgan fingerprint density at radius 3 is 2.72 bits per heavy atom. The first-order valence-electron chi connectivity index (χ1n) is 6.46. The molecule has 18 heavy (non-hydrogen) atoms. The molecule has 0 aromatic heterocycles. The zero-order chi connectivity index (χ0) is 13.2. The van der Waals surface area contributed by atoms with E-state index in [-0.39, 0.29) is 11.9 Å². The Hall–Kier alpha value is -1.14. The first-order valence-corrected chi connectivity index (χ1v) is 6.46. The molecule has 0 aliphatic carbocycles. The van der Waals surface area contributed by atoms with Crippen LogP contribution in [0.2, 0.25) is 0 Å². The van der Waals surface area contributed by atoms with Crippen LogP contribution in [0.15, 0.2) is 0 Å². The minimum atomic E-state index is -0.182. The van der Waals surface area contributed by atoms with Gasteiger partial charge in [-0.1, -0.05) is 0 Å². The monoisotopic (exact) mass is 258 g/mol. The van der Waals surface area contributed by atoms with E-state index in [1.165, 1.54) is 0 Å². The molecule has 0 unspecified atom stereocenters. The van der Waals surface area contributed by atoms with E-state index in [0.29, 0.717) is 58.8 Å². The number of esters is 1. The van der Waals surface area contributed by atoms with E-state index in [1.807, 2.05) is 0 Å². The summed E-state index contributed by atoms with van der Waals surface area (Å²) < 4.78 is 9.99. The molecule has 1 N–H and O–H groups in total. The molecule has 1 fully saturated rings. The molecule has 0 spiro atoms. The highest BCUT2D eigenvalue weighted by atomic mass is 16.5. The average molecular weight is 258 g/mol. The van der Waals surface area contributed by atoms with E-state index < -0.39 is 0 Å². The summed E-state index contributed by atoms with van der Waals surface area (Å²) in [6.45, 7) is 5.76. The summed E-state index contributed by atoms with van der Waals surface area (Å²) in [5.41, 5.74) is 0. The predicted molar refractivity (Wildman–Crippen MR) is 66.1 cm³/mol. The Morgan fingerprint density at radius 1 is 1.33 bits per heavy atom. The van der Waals surface area contributed by atoms with Gasteiger partial charge in [-0.05, 0) is 19.9 Å². The van der Waals surface area contributed by atoms with Crippen LogP contribution in [-0.4, -0.2) is 62.8 Å². The number of morpholine rings is 1. The van der Waals surface area contributed by atoms with Gasteiger partial charge >= 0.3 is 5.97 Å². The number of amides is 1. The summed E-state index contributed by atoms with van der Waals surface area (Å²) in [5.74, 6) is -0.0896. The van der Waals surface area contributed by atoms with Gasteiger partial charge in [-0.15, -0.1) is 0 Å². The summed E-state index contributed by atoms with van der Waals surface area (Å²) >= 11 is 0. The molecular weight excluding hydrogens is 236 g/mol. The molecule has 6 heteroatoms. The molecule has 0 bridgehead atoms. The number of nitrogens with zero attached hydrogens (tertiary/aromatic N) is 1. The number of ether oxygens (including phenoxy) is 2. The van der Waals surface area contributed by atoms with Crippen LogP contribution in [0.5, 0.6) is 0 Å². The van der Waals surface area contributed by atoms with Gasteiger partial charge in [-0.2, -0.15) is 0 Å². The third kappa shape index (κ3) is 5.97. The molecule has 0 atom stereocenters. The highest BCUT2D eigenvalue weighted by Gasteiger charge is 2.15. The first kappa shape index (κ1) is 14.9. The lowest BCUT2D eigenvalue weighted by Gasteiger charge is -2.26. The van der Waals surface area contributed by atoms with Crippen molar-refractivity contribution in [3.63, 3.8) is 0 Å². The van der Waals surface area contributed by atoms with Crippen LogP contribution in [0.4, 0.5) is 0 Å². The van der Waals surface area contributed by atoms with Gasteiger partial charge in [0.15, 0.2) is 0 Å². The largest absolute Gasteiger partial charge is 0.466 e. The van der Waals surface area contributed by atoms with Gasteiger partial charge in [0.2, 0.25) is 5.91 Å². The fraction of sp³-hybridized carbons (Fsp3) is 0.833. The van der Waals surface area contributed by atoms with Gasteiger partial charge < -0.3 is 19.7 Å². The van der Waals surface area contributed by atoms with Gasteiger partial charge in [-0.25, -0.2) is 0 Å². The van der Waals surface area contributed by atoms with Gasteiger partial charge in [0.05, 0.1) is 26.4 Å². The van der Waals surface area contributed by atoms with Crippen molar-refractivity contribution in [2.75, 3.05) is 46.0 Å². The number of hydrogen-bond acceptors (Lipinski definition) is 5. The maximum atomic E-state index is 11.7. The van der Waals surface area contributed by atoms with Crippen molar-refractivity contribution in [3.8, 4) is 0 Å². The zero-order valence-electron chi connectivity index (χ0n) is 10.9. The van der Waals surface area contributed by atoms with Crippen molar-refractivity contribution < 1.29 is 19.1 Å². The Kier molecular flexibility index (Phi) is 7.36. The second-order valence-electron chi connectivity index (χ2n) is 4.08. The maximum absolute atomic E-state index is 11.7. The fourth-order valence-electron chi connectivity index (χ4n) is 1.71. The molecule has 1 heterocycles. The summed E-state index contributed by atoms with van der Waals surface area (Å²) in [6.07, 6.45) is 1.09. The lowest BCUT2D eigenvalue weighted by Crippen LogP contribution is -2.44. The Bertz CT molecular complexity index is 265. The van der Waals surface area contributed by atoms with Crippen LogP contribution in [0.3, 0.4) is 0 Å². The van der Waals surface area contributed by atoms with Crippen molar-refractivity contribution in [2.24, 2.45) is 0 Å².